The maximum Gasteiger partial charge on any atom is 0.0634 e. The van der Waals surface area contributed by atoms with Gasteiger partial charge in [0.25, 0.3) is 0 Å². The van der Waals surface area contributed by atoms with Crippen LogP contribution < -0.4 is 0 Å². The van der Waals surface area contributed by atoms with Crippen LogP contribution in [0.25, 0.3) is 0 Å². The summed E-state index contributed by atoms with van der Waals surface area (Å²) in [7, 11) is 0. The summed E-state index contributed by atoms with van der Waals surface area (Å²) in [5.74, 6) is 3.27. The lowest BCUT2D eigenvalue weighted by Gasteiger charge is -2.61. The maximum absolute atomic E-state index is 11.7. The summed E-state index contributed by atoms with van der Waals surface area (Å²) in [6.45, 7) is 11.9. The summed E-state index contributed by atoms with van der Waals surface area (Å²) in [4.78, 5) is 0. The van der Waals surface area contributed by atoms with E-state index in [4.69, 9.17) is 0 Å². The Labute approximate surface area is 190 Å². The molecule has 2 unspecified atom stereocenters. The summed E-state index contributed by atoms with van der Waals surface area (Å²) >= 11 is 0. The van der Waals surface area contributed by atoms with E-state index in [1.807, 2.05) is 0 Å². The smallest absolute Gasteiger partial charge is 0.0634 e. The van der Waals surface area contributed by atoms with Gasteiger partial charge < -0.3 is 10.2 Å². The highest BCUT2D eigenvalue weighted by Crippen LogP contribution is 2.72. The first-order valence-electron chi connectivity index (χ1n) is 13.3. The fourth-order valence-electron chi connectivity index (χ4n) is 9.76. The van der Waals surface area contributed by atoms with Crippen LogP contribution in [-0.2, 0) is 0 Å². The molecule has 174 valence electrons. The molecule has 2 N–H and O–H groups in total. The van der Waals surface area contributed by atoms with Gasteiger partial charge in [0.05, 0.1) is 12.2 Å². The van der Waals surface area contributed by atoms with E-state index in [9.17, 15) is 10.2 Å². The monoisotopic (exact) mass is 426 g/mol. The van der Waals surface area contributed by atoms with Crippen molar-refractivity contribution in [2.45, 2.75) is 111 Å². The standard InChI is InChI=1S/C29H46O2/c1-18(2)7-6-8-19(3)21-10-11-22-20-9-12-24-27(4,14-13-25(31)29(24)15-16-29)26(20)23(30)17-28(21,22)5/h7,12,19-23,25-26,30-31H,6,8-11,13-17H2,1-5H3/t19-,20+,21-,22+,23?,25?,26-,27+,28-/m1/s1. The van der Waals surface area contributed by atoms with Crippen LogP contribution in [0.2, 0.25) is 0 Å². The van der Waals surface area contributed by atoms with E-state index >= 15 is 0 Å². The Bertz CT molecular complexity index is 772. The molecule has 0 aliphatic heterocycles. The highest BCUT2D eigenvalue weighted by atomic mass is 16.3. The van der Waals surface area contributed by atoms with Crippen molar-refractivity contribution in [3.8, 4) is 0 Å². The number of rotatable bonds is 4. The van der Waals surface area contributed by atoms with E-state index in [0.717, 1.165) is 56.3 Å². The van der Waals surface area contributed by atoms with E-state index in [2.05, 4.69) is 46.8 Å². The van der Waals surface area contributed by atoms with Crippen molar-refractivity contribution >= 4 is 0 Å². The SMILES string of the molecule is CC(C)=CCC[C@@H](C)[C@H]1CC[C@H]2[C@@H]3CC=C4C5(CC5)C(O)CC[C@]4(C)[C@H]3C(O)C[C@]12C. The van der Waals surface area contributed by atoms with Crippen LogP contribution in [0, 0.1) is 45.8 Å². The number of hydrogen-bond donors (Lipinski definition) is 2. The van der Waals surface area contributed by atoms with Gasteiger partial charge in [-0.05, 0) is 118 Å². The fourth-order valence-corrected chi connectivity index (χ4v) is 9.76. The van der Waals surface area contributed by atoms with Gasteiger partial charge in [0.2, 0.25) is 0 Å². The molecule has 5 aliphatic carbocycles. The van der Waals surface area contributed by atoms with Gasteiger partial charge in [0, 0.05) is 5.41 Å². The number of fused-ring (bicyclic) bond motifs is 6. The van der Waals surface area contributed by atoms with Crippen molar-refractivity contribution in [2.24, 2.45) is 45.8 Å². The molecule has 0 amide bonds. The molecule has 4 fully saturated rings. The zero-order valence-electron chi connectivity index (χ0n) is 20.7. The molecule has 2 heteroatoms. The third-order valence-corrected chi connectivity index (χ3v) is 11.2. The Morgan fingerprint density at radius 2 is 1.87 bits per heavy atom. The van der Waals surface area contributed by atoms with Crippen molar-refractivity contribution in [3.63, 3.8) is 0 Å². The zero-order valence-corrected chi connectivity index (χ0v) is 20.7. The Balaban J connectivity index is 1.41. The summed E-state index contributed by atoms with van der Waals surface area (Å²) in [6, 6.07) is 0. The van der Waals surface area contributed by atoms with Crippen molar-refractivity contribution in [1.82, 2.24) is 0 Å². The van der Waals surface area contributed by atoms with Crippen LogP contribution in [0.3, 0.4) is 0 Å². The predicted octanol–water partition coefficient (Wildman–Crippen LogP) is 6.67. The molecule has 31 heavy (non-hydrogen) atoms. The summed E-state index contributed by atoms with van der Waals surface area (Å²) in [5.41, 5.74) is 3.45. The third-order valence-electron chi connectivity index (χ3n) is 11.2. The second-order valence-corrected chi connectivity index (χ2v) is 13.1. The topological polar surface area (TPSA) is 40.5 Å². The zero-order chi connectivity index (χ0) is 22.2. The average Bonchev–Trinajstić information content (AvgIpc) is 3.40. The van der Waals surface area contributed by atoms with E-state index in [0.29, 0.717) is 11.8 Å². The summed E-state index contributed by atoms with van der Waals surface area (Å²) in [5, 5.41) is 22.5. The maximum atomic E-state index is 11.7. The van der Waals surface area contributed by atoms with Crippen LogP contribution in [-0.4, -0.2) is 22.4 Å². The quantitative estimate of drug-likeness (QED) is 0.493. The van der Waals surface area contributed by atoms with Crippen LogP contribution in [0.15, 0.2) is 23.3 Å². The second-order valence-electron chi connectivity index (χ2n) is 13.1. The molecule has 0 saturated heterocycles. The number of allylic oxidation sites excluding steroid dienone is 3. The number of hydrogen-bond acceptors (Lipinski definition) is 2. The molecule has 0 radical (unpaired) electrons. The molecule has 5 aliphatic rings. The molecule has 9 atom stereocenters. The van der Waals surface area contributed by atoms with Gasteiger partial charge in [-0.2, -0.15) is 0 Å². The van der Waals surface area contributed by atoms with E-state index < -0.39 is 0 Å². The molecule has 0 aromatic carbocycles. The fraction of sp³-hybridized carbons (Fsp3) is 0.862. The highest BCUT2D eigenvalue weighted by Gasteiger charge is 2.67. The lowest BCUT2D eigenvalue weighted by molar-refractivity contribution is -0.135. The Kier molecular flexibility index (Phi) is 5.34. The minimum Gasteiger partial charge on any atom is -0.393 e. The normalized spacial score (nSPS) is 48.3. The first-order valence-corrected chi connectivity index (χ1v) is 13.3. The van der Waals surface area contributed by atoms with Gasteiger partial charge in [0.15, 0.2) is 0 Å². The third kappa shape index (κ3) is 3.17. The van der Waals surface area contributed by atoms with Crippen molar-refractivity contribution in [2.75, 3.05) is 0 Å². The minimum atomic E-state index is -0.184. The summed E-state index contributed by atoms with van der Waals surface area (Å²) < 4.78 is 0. The van der Waals surface area contributed by atoms with Gasteiger partial charge >= 0.3 is 0 Å². The van der Waals surface area contributed by atoms with Gasteiger partial charge in [-0.1, -0.05) is 44.1 Å². The largest absolute Gasteiger partial charge is 0.393 e. The number of aliphatic hydroxyl groups is 2. The van der Waals surface area contributed by atoms with Crippen molar-refractivity contribution < 1.29 is 10.2 Å². The predicted molar refractivity (Wildman–Crippen MR) is 127 cm³/mol. The molecule has 0 aromatic heterocycles. The molecular weight excluding hydrogens is 380 g/mol. The van der Waals surface area contributed by atoms with Crippen LogP contribution in [0.4, 0.5) is 0 Å². The Hall–Kier alpha value is -0.600. The first kappa shape index (κ1) is 22.2. The molecule has 5 rings (SSSR count). The second kappa shape index (κ2) is 7.45. The Morgan fingerprint density at radius 1 is 1.13 bits per heavy atom. The molecule has 4 saturated carbocycles. The van der Waals surface area contributed by atoms with Crippen molar-refractivity contribution in [1.29, 1.82) is 0 Å². The van der Waals surface area contributed by atoms with Gasteiger partial charge in [-0.25, -0.2) is 0 Å². The first-order chi connectivity index (χ1) is 14.6. The molecule has 0 bridgehead atoms. The van der Waals surface area contributed by atoms with E-state index in [1.165, 1.54) is 31.3 Å². The molecule has 0 aromatic rings. The van der Waals surface area contributed by atoms with E-state index in [-0.39, 0.29) is 28.5 Å². The lowest BCUT2D eigenvalue weighted by atomic mass is 9.44. The van der Waals surface area contributed by atoms with E-state index in [1.54, 1.807) is 5.57 Å². The van der Waals surface area contributed by atoms with Gasteiger partial charge in [-0.3, -0.25) is 0 Å². The average molecular weight is 427 g/mol. The molecule has 1 spiro atoms. The summed E-state index contributed by atoms with van der Waals surface area (Å²) in [6.07, 6.45) is 16.3. The minimum absolute atomic E-state index is 0.0795. The van der Waals surface area contributed by atoms with Gasteiger partial charge in [0.1, 0.15) is 0 Å². The van der Waals surface area contributed by atoms with Crippen molar-refractivity contribution in [3.05, 3.63) is 23.3 Å². The highest BCUT2D eigenvalue weighted by molar-refractivity contribution is 5.37. The van der Waals surface area contributed by atoms with Gasteiger partial charge in [-0.15, -0.1) is 0 Å². The van der Waals surface area contributed by atoms with Crippen LogP contribution in [0.1, 0.15) is 98.8 Å². The van der Waals surface area contributed by atoms with Crippen LogP contribution in [0.5, 0.6) is 0 Å². The lowest BCUT2D eigenvalue weighted by Crippen LogP contribution is -2.58. The van der Waals surface area contributed by atoms with Crippen LogP contribution >= 0.6 is 0 Å². The molecule has 2 nitrogen and oxygen atoms in total. The molecule has 0 heterocycles. The molecular formula is C29H46O2. The number of aliphatic hydroxyl groups excluding tert-OH is 2. The Morgan fingerprint density at radius 3 is 2.55 bits per heavy atom.